The molecule has 3 rings (SSSR count). The van der Waals surface area contributed by atoms with E-state index in [-0.39, 0.29) is 17.0 Å². The highest BCUT2D eigenvalue weighted by atomic mass is 16.2. The summed E-state index contributed by atoms with van der Waals surface area (Å²) >= 11 is 0. The Hall–Kier alpha value is -2.63. The number of nitrogens with zero attached hydrogens (tertiary/aromatic N) is 3. The number of hydrogen-bond acceptors (Lipinski definition) is 4. The molecule has 6 heteroatoms. The van der Waals surface area contributed by atoms with E-state index in [9.17, 15) is 9.59 Å². The van der Waals surface area contributed by atoms with Gasteiger partial charge in [-0.15, -0.1) is 0 Å². The van der Waals surface area contributed by atoms with Crippen LogP contribution >= 0.6 is 0 Å². The molecule has 1 saturated heterocycles. The van der Waals surface area contributed by atoms with Crippen molar-refractivity contribution in [2.45, 2.75) is 12.8 Å². The maximum atomic E-state index is 12.2. The number of piperidine rings is 1. The summed E-state index contributed by atoms with van der Waals surface area (Å²) in [6, 6.07) is 7.33. The maximum absolute atomic E-state index is 12.2. The minimum absolute atomic E-state index is 0.203. The van der Waals surface area contributed by atoms with Crippen molar-refractivity contribution >= 4 is 11.6 Å². The van der Waals surface area contributed by atoms with Gasteiger partial charge in [0.25, 0.3) is 11.5 Å². The van der Waals surface area contributed by atoms with Gasteiger partial charge >= 0.3 is 0 Å². The predicted molar refractivity (Wildman–Crippen MR) is 93.2 cm³/mol. The van der Waals surface area contributed by atoms with Crippen LogP contribution in [-0.4, -0.2) is 35.1 Å². The van der Waals surface area contributed by atoms with Crippen LogP contribution in [0, 0.1) is 5.92 Å². The number of nitrogens with one attached hydrogen (secondary N) is 1. The van der Waals surface area contributed by atoms with E-state index in [4.69, 9.17) is 0 Å². The van der Waals surface area contributed by atoms with Gasteiger partial charge in [-0.1, -0.05) is 0 Å². The van der Waals surface area contributed by atoms with E-state index >= 15 is 0 Å². The molecular weight excluding hydrogens is 304 g/mol. The van der Waals surface area contributed by atoms with Gasteiger partial charge in [0.2, 0.25) is 0 Å². The molecule has 2 aromatic heterocycles. The van der Waals surface area contributed by atoms with Gasteiger partial charge < -0.3 is 14.8 Å². The summed E-state index contributed by atoms with van der Waals surface area (Å²) < 4.78 is 1.42. The van der Waals surface area contributed by atoms with E-state index in [1.54, 1.807) is 25.4 Å². The quantitative estimate of drug-likeness (QED) is 0.923. The highest BCUT2D eigenvalue weighted by Gasteiger charge is 2.20. The van der Waals surface area contributed by atoms with Crippen LogP contribution in [0.2, 0.25) is 0 Å². The third-order valence-corrected chi connectivity index (χ3v) is 4.56. The molecule has 0 bridgehead atoms. The molecule has 3 heterocycles. The van der Waals surface area contributed by atoms with Crippen molar-refractivity contribution in [1.29, 1.82) is 0 Å². The van der Waals surface area contributed by atoms with E-state index in [0.717, 1.165) is 25.9 Å². The standard InChI is InChI=1S/C18H22N4O2/c1-21-10-2-3-16(18(21)24)17(23)20-13-14-6-11-22(12-7-14)15-4-8-19-9-5-15/h2-5,8-10,14H,6-7,11-13H2,1H3,(H,20,23). The average Bonchev–Trinajstić information content (AvgIpc) is 2.63. The summed E-state index contributed by atoms with van der Waals surface area (Å²) in [5.74, 6) is 0.160. The van der Waals surface area contributed by atoms with Crippen LogP contribution in [0.25, 0.3) is 0 Å². The second-order valence-electron chi connectivity index (χ2n) is 6.18. The van der Waals surface area contributed by atoms with Crippen molar-refractivity contribution in [2.75, 3.05) is 24.5 Å². The van der Waals surface area contributed by atoms with Crippen molar-refractivity contribution < 1.29 is 4.79 Å². The van der Waals surface area contributed by atoms with Gasteiger partial charge in [-0.05, 0) is 43.0 Å². The Balaban J connectivity index is 1.51. The summed E-state index contributed by atoms with van der Waals surface area (Å²) in [5, 5.41) is 2.91. The zero-order valence-corrected chi connectivity index (χ0v) is 13.8. The lowest BCUT2D eigenvalue weighted by Gasteiger charge is -2.33. The zero-order chi connectivity index (χ0) is 16.9. The number of carbonyl (C=O) groups is 1. The SMILES string of the molecule is Cn1cccc(C(=O)NCC2CCN(c3ccncc3)CC2)c1=O. The number of aryl methyl sites for hydroxylation is 1. The lowest BCUT2D eigenvalue weighted by atomic mass is 9.96. The molecule has 0 spiro atoms. The Morgan fingerprint density at radius 1 is 1.25 bits per heavy atom. The van der Waals surface area contributed by atoms with Gasteiger partial charge in [-0.3, -0.25) is 14.6 Å². The molecule has 1 aliphatic rings. The Morgan fingerprint density at radius 3 is 2.67 bits per heavy atom. The molecule has 1 fully saturated rings. The molecule has 0 aromatic carbocycles. The van der Waals surface area contributed by atoms with Gasteiger partial charge in [-0.2, -0.15) is 0 Å². The molecule has 6 nitrogen and oxygen atoms in total. The number of rotatable bonds is 4. The average molecular weight is 326 g/mol. The second kappa shape index (κ2) is 7.29. The first-order chi connectivity index (χ1) is 11.6. The molecule has 1 N–H and O–H groups in total. The van der Waals surface area contributed by atoms with Crippen molar-refractivity contribution in [3.63, 3.8) is 0 Å². The third-order valence-electron chi connectivity index (χ3n) is 4.56. The zero-order valence-electron chi connectivity index (χ0n) is 13.8. The lowest BCUT2D eigenvalue weighted by molar-refractivity contribution is 0.0943. The molecule has 0 saturated carbocycles. The Bertz CT molecular complexity index is 749. The number of pyridine rings is 2. The van der Waals surface area contributed by atoms with E-state index in [0.29, 0.717) is 12.5 Å². The van der Waals surface area contributed by atoms with Crippen LogP contribution in [0.5, 0.6) is 0 Å². The smallest absolute Gasteiger partial charge is 0.263 e. The topological polar surface area (TPSA) is 67.2 Å². The van der Waals surface area contributed by atoms with Crippen LogP contribution in [0.15, 0.2) is 47.7 Å². The van der Waals surface area contributed by atoms with Crippen molar-refractivity contribution in [2.24, 2.45) is 13.0 Å². The number of carbonyl (C=O) groups excluding carboxylic acids is 1. The lowest BCUT2D eigenvalue weighted by Crippen LogP contribution is -2.40. The minimum Gasteiger partial charge on any atom is -0.371 e. The largest absolute Gasteiger partial charge is 0.371 e. The molecule has 0 unspecified atom stereocenters. The van der Waals surface area contributed by atoms with E-state index in [1.807, 2.05) is 24.5 Å². The molecule has 126 valence electrons. The minimum atomic E-state index is -0.284. The number of hydrogen-bond donors (Lipinski definition) is 1. The Kier molecular flexibility index (Phi) is 4.93. The summed E-state index contributed by atoms with van der Waals surface area (Å²) in [5.41, 5.74) is 1.14. The Morgan fingerprint density at radius 2 is 1.96 bits per heavy atom. The molecule has 0 radical (unpaired) electrons. The normalized spacial score (nSPS) is 15.3. The van der Waals surface area contributed by atoms with Gasteiger partial charge in [0.05, 0.1) is 0 Å². The van der Waals surface area contributed by atoms with Crippen LogP contribution in [0.3, 0.4) is 0 Å². The Labute approximate surface area is 141 Å². The fourth-order valence-corrected chi connectivity index (χ4v) is 3.05. The molecular formula is C18H22N4O2. The van der Waals surface area contributed by atoms with Gasteiger partial charge in [-0.25, -0.2) is 0 Å². The second-order valence-corrected chi connectivity index (χ2v) is 6.18. The van der Waals surface area contributed by atoms with Gasteiger partial charge in [0, 0.05) is 51.0 Å². The van der Waals surface area contributed by atoms with Gasteiger partial charge in [0.1, 0.15) is 5.56 Å². The maximum Gasteiger partial charge on any atom is 0.263 e. The first kappa shape index (κ1) is 16.2. The summed E-state index contributed by atoms with van der Waals surface area (Å²) in [6.45, 7) is 2.55. The highest BCUT2D eigenvalue weighted by molar-refractivity contribution is 5.93. The number of anilines is 1. The van der Waals surface area contributed by atoms with E-state index in [2.05, 4.69) is 15.2 Å². The first-order valence-electron chi connectivity index (χ1n) is 8.24. The molecule has 0 aliphatic carbocycles. The summed E-state index contributed by atoms with van der Waals surface area (Å²) in [4.78, 5) is 30.5. The third kappa shape index (κ3) is 3.64. The number of amides is 1. The monoisotopic (exact) mass is 326 g/mol. The summed E-state index contributed by atoms with van der Waals surface area (Å²) in [6.07, 6.45) is 7.31. The predicted octanol–water partition coefficient (Wildman–Crippen LogP) is 1.43. The van der Waals surface area contributed by atoms with Crippen molar-refractivity contribution in [3.05, 3.63) is 58.8 Å². The fraction of sp³-hybridized carbons (Fsp3) is 0.389. The molecule has 1 amide bonds. The molecule has 0 atom stereocenters. The molecule has 24 heavy (non-hydrogen) atoms. The van der Waals surface area contributed by atoms with Crippen LogP contribution < -0.4 is 15.8 Å². The fourth-order valence-electron chi connectivity index (χ4n) is 3.05. The number of aromatic nitrogens is 2. The summed E-state index contributed by atoms with van der Waals surface area (Å²) in [7, 11) is 1.65. The van der Waals surface area contributed by atoms with Crippen molar-refractivity contribution in [1.82, 2.24) is 14.9 Å². The molecule has 1 aliphatic heterocycles. The van der Waals surface area contributed by atoms with Gasteiger partial charge in [0.15, 0.2) is 0 Å². The highest BCUT2D eigenvalue weighted by Crippen LogP contribution is 2.22. The van der Waals surface area contributed by atoms with E-state index < -0.39 is 0 Å². The first-order valence-corrected chi connectivity index (χ1v) is 8.24. The van der Waals surface area contributed by atoms with Crippen molar-refractivity contribution in [3.8, 4) is 0 Å². The van der Waals surface area contributed by atoms with E-state index in [1.165, 1.54) is 10.3 Å². The molecule has 2 aromatic rings. The van der Waals surface area contributed by atoms with Crippen LogP contribution in [0.4, 0.5) is 5.69 Å². The van der Waals surface area contributed by atoms with Crippen LogP contribution in [0.1, 0.15) is 23.2 Å². The van der Waals surface area contributed by atoms with Crippen LogP contribution in [-0.2, 0) is 7.05 Å².